The van der Waals surface area contributed by atoms with Gasteiger partial charge in [-0.3, -0.25) is 4.57 Å². The number of hydrogen-bond acceptors (Lipinski definition) is 3. The molecule has 0 aliphatic carbocycles. The first kappa shape index (κ1) is 9.44. The highest BCUT2D eigenvalue weighted by Gasteiger charge is 1.77. The Morgan fingerprint density at radius 1 is 1.67 bits per heavy atom. The molecule has 0 aliphatic rings. The molecule has 0 bridgehead atoms. The summed E-state index contributed by atoms with van der Waals surface area (Å²) in [5.74, 6) is 0. The third-order valence-corrected chi connectivity index (χ3v) is 0.234. The number of hydrogen-bond donors (Lipinski definition) is 2. The van der Waals surface area contributed by atoms with Crippen molar-refractivity contribution in [1.29, 1.82) is 0 Å². The van der Waals surface area contributed by atoms with Gasteiger partial charge in [-0.25, -0.2) is 5.26 Å². The fourth-order valence-corrected chi connectivity index (χ4v) is 0. The zero-order chi connectivity index (χ0) is 4.28. The van der Waals surface area contributed by atoms with Crippen LogP contribution in [0.3, 0.4) is 0 Å². The van der Waals surface area contributed by atoms with E-state index in [4.69, 9.17) is 14.7 Å². The van der Waals surface area contributed by atoms with Crippen LogP contribution in [0.1, 0.15) is 7.43 Å². The van der Waals surface area contributed by atoms with E-state index in [1.807, 2.05) is 0 Å². The molecule has 0 aromatic rings. The largest absolute Gasteiger partial charge is 0.344 e. The van der Waals surface area contributed by atoms with E-state index >= 15 is 0 Å². The average Bonchev–Trinajstić information content (AvgIpc) is 1.38. The molecule has 0 saturated heterocycles. The highest BCUT2D eigenvalue weighted by atomic mass is 31.1. The Bertz CT molecular complexity index is 42.8. The summed E-state index contributed by atoms with van der Waals surface area (Å²) in [5, 5.41) is 7.13. The molecule has 1 atom stereocenters. The first-order valence-electron chi connectivity index (χ1n) is 0.814. The van der Waals surface area contributed by atoms with Gasteiger partial charge in [-0.1, -0.05) is 7.43 Å². The van der Waals surface area contributed by atoms with Crippen molar-refractivity contribution < 1.29 is 19.4 Å². The molecule has 0 rings (SSSR count). The monoisotopic (exact) mass is 114 g/mol. The quantitative estimate of drug-likeness (QED) is 0.296. The molecule has 2 N–H and O–H groups in total. The summed E-state index contributed by atoms with van der Waals surface area (Å²) in [6.45, 7) is 0. The lowest BCUT2D eigenvalue weighted by atomic mass is 12.0. The van der Waals surface area contributed by atoms with Crippen LogP contribution < -0.4 is 0 Å². The molecule has 6 heavy (non-hydrogen) atoms. The maximum atomic E-state index is 9.08. The molecule has 0 aromatic carbocycles. The van der Waals surface area contributed by atoms with E-state index in [1.54, 1.807) is 0 Å². The summed E-state index contributed by atoms with van der Waals surface area (Å²) in [7, 11) is -3.07. The lowest BCUT2D eigenvalue weighted by molar-refractivity contribution is -0.138. The Morgan fingerprint density at radius 2 is 1.83 bits per heavy atom. The molecule has 0 fully saturated rings. The van der Waals surface area contributed by atoms with Crippen molar-refractivity contribution >= 4 is 8.25 Å². The fourth-order valence-electron chi connectivity index (χ4n) is 0. The minimum Gasteiger partial charge on any atom is -0.325 e. The topological polar surface area (TPSA) is 66.8 Å². The molecule has 0 saturated carbocycles. The van der Waals surface area contributed by atoms with Crippen molar-refractivity contribution in [2.45, 2.75) is 7.43 Å². The summed E-state index contributed by atoms with van der Waals surface area (Å²) < 4.78 is 11.9. The summed E-state index contributed by atoms with van der Waals surface area (Å²) in [6, 6.07) is 0. The van der Waals surface area contributed by atoms with E-state index in [9.17, 15) is 0 Å². The van der Waals surface area contributed by atoms with Gasteiger partial charge >= 0.3 is 8.25 Å². The molecule has 4 nitrogen and oxygen atoms in total. The van der Waals surface area contributed by atoms with E-state index < -0.39 is 8.25 Å². The van der Waals surface area contributed by atoms with Crippen molar-refractivity contribution in [2.24, 2.45) is 0 Å². The average molecular weight is 114 g/mol. The Labute approximate surface area is 36.3 Å². The van der Waals surface area contributed by atoms with Gasteiger partial charge in [0, 0.05) is 0 Å². The number of rotatable bonds is 1. The van der Waals surface area contributed by atoms with Gasteiger partial charge in [0.05, 0.1) is 0 Å². The van der Waals surface area contributed by atoms with Crippen molar-refractivity contribution in [2.75, 3.05) is 0 Å². The molecular weight excluding hydrogens is 107 g/mol. The normalized spacial score (nSPS) is 12.3. The minimum atomic E-state index is -3.07. The zero-order valence-corrected chi connectivity index (χ0v) is 3.21. The van der Waals surface area contributed by atoms with Crippen LogP contribution in [0.25, 0.3) is 0 Å². The van der Waals surface area contributed by atoms with E-state index in [0.29, 0.717) is 0 Å². The van der Waals surface area contributed by atoms with Crippen LogP contribution in [-0.2, 0) is 9.24 Å². The van der Waals surface area contributed by atoms with Gasteiger partial charge in [-0.2, -0.15) is 4.67 Å². The van der Waals surface area contributed by atoms with Crippen LogP contribution in [-0.4, -0.2) is 10.2 Å². The van der Waals surface area contributed by atoms with Crippen molar-refractivity contribution in [1.82, 2.24) is 0 Å². The predicted octanol–water partition coefficient (Wildman–Crippen LogP) is 0.494. The molecule has 40 valence electrons. The van der Waals surface area contributed by atoms with Gasteiger partial charge in [0.15, 0.2) is 0 Å². The van der Waals surface area contributed by atoms with E-state index in [2.05, 4.69) is 4.67 Å². The highest BCUT2D eigenvalue weighted by Crippen LogP contribution is 2.09. The first-order valence-corrected chi connectivity index (χ1v) is 2.08. The third-order valence-electron chi connectivity index (χ3n) is 0.0781. The molecule has 0 aliphatic heterocycles. The van der Waals surface area contributed by atoms with Crippen molar-refractivity contribution in [3.05, 3.63) is 0 Å². The molecule has 5 heteroatoms. The van der Waals surface area contributed by atoms with E-state index in [0.717, 1.165) is 0 Å². The van der Waals surface area contributed by atoms with Gasteiger partial charge in [-0.15, -0.1) is 0 Å². The summed E-state index contributed by atoms with van der Waals surface area (Å²) in [4.78, 5) is 7.44. The molecule has 0 amide bonds. The molecule has 1 unspecified atom stereocenters. The summed E-state index contributed by atoms with van der Waals surface area (Å²) in [5.41, 5.74) is 0. The van der Waals surface area contributed by atoms with Crippen LogP contribution in [0, 0.1) is 0 Å². The van der Waals surface area contributed by atoms with Gasteiger partial charge < -0.3 is 4.89 Å². The Morgan fingerprint density at radius 3 is 1.83 bits per heavy atom. The Balaban J connectivity index is 0. The van der Waals surface area contributed by atoms with Crippen LogP contribution >= 0.6 is 8.25 Å². The Hall–Kier alpha value is 0.110. The van der Waals surface area contributed by atoms with Gasteiger partial charge in [-0.05, 0) is 0 Å². The Kier molecular flexibility index (Phi) is 8.04. The molecular formula is CH7O4P. The maximum absolute atomic E-state index is 9.08. The zero-order valence-electron chi connectivity index (χ0n) is 2.21. The van der Waals surface area contributed by atoms with Gasteiger partial charge in [0.2, 0.25) is 0 Å². The van der Waals surface area contributed by atoms with Crippen LogP contribution in [0.5, 0.6) is 0 Å². The van der Waals surface area contributed by atoms with Gasteiger partial charge in [0.25, 0.3) is 0 Å². The SMILES string of the molecule is C.O=[PH](O)OO. The van der Waals surface area contributed by atoms with Crippen LogP contribution in [0.2, 0.25) is 0 Å². The van der Waals surface area contributed by atoms with Gasteiger partial charge in [0.1, 0.15) is 0 Å². The molecule has 0 heterocycles. The molecule has 0 aromatic heterocycles. The van der Waals surface area contributed by atoms with Crippen molar-refractivity contribution in [3.8, 4) is 0 Å². The minimum absolute atomic E-state index is 0. The highest BCUT2D eigenvalue weighted by molar-refractivity contribution is 7.31. The lowest BCUT2D eigenvalue weighted by Crippen LogP contribution is -1.59. The second-order valence-corrected chi connectivity index (χ2v) is 1.07. The smallest absolute Gasteiger partial charge is 0.325 e. The lowest BCUT2D eigenvalue weighted by Gasteiger charge is -1.75. The fraction of sp³-hybridized carbons (Fsp3) is 1.00. The second kappa shape index (κ2) is 5.11. The second-order valence-electron chi connectivity index (χ2n) is 0.357. The molecule has 0 radical (unpaired) electrons. The summed E-state index contributed by atoms with van der Waals surface area (Å²) in [6.07, 6.45) is 0. The standard InChI is InChI=1S/CH4.H3O4P/c;1-4-5(2)3/h1H4;1,5H,(H,2,3). The predicted molar refractivity (Wildman–Crippen MR) is 21.7 cm³/mol. The van der Waals surface area contributed by atoms with E-state index in [1.165, 1.54) is 0 Å². The maximum Gasteiger partial charge on any atom is 0.344 e. The first-order chi connectivity index (χ1) is 2.27. The third kappa shape index (κ3) is 8.93. The van der Waals surface area contributed by atoms with Crippen LogP contribution in [0.15, 0.2) is 0 Å². The van der Waals surface area contributed by atoms with E-state index in [-0.39, 0.29) is 7.43 Å². The van der Waals surface area contributed by atoms with Crippen molar-refractivity contribution in [3.63, 3.8) is 0 Å². The van der Waals surface area contributed by atoms with Crippen LogP contribution in [0.4, 0.5) is 0 Å². The molecule has 0 spiro atoms. The summed E-state index contributed by atoms with van der Waals surface area (Å²) >= 11 is 0.